The second-order valence-corrected chi connectivity index (χ2v) is 4.18. The molecule has 1 aromatic heterocycles. The molecule has 0 spiro atoms. The van der Waals surface area contributed by atoms with Gasteiger partial charge in [0.05, 0.1) is 11.3 Å². The lowest BCUT2D eigenvalue weighted by molar-refractivity contribution is -0.140. The maximum absolute atomic E-state index is 13.9. The average Bonchev–Trinajstić information content (AvgIpc) is 2.85. The van der Waals surface area contributed by atoms with E-state index in [2.05, 4.69) is 5.10 Å². The van der Waals surface area contributed by atoms with Gasteiger partial charge in [-0.2, -0.15) is 18.3 Å². The number of rotatable bonds is 3. The van der Waals surface area contributed by atoms with Crippen LogP contribution in [0.25, 0.3) is 0 Å². The smallest absolute Gasteiger partial charge is 0.382 e. The SMILES string of the molecule is CCn1nccc1C(O)c1cccc(C(F)(F)F)c1F. The zero-order valence-corrected chi connectivity index (χ0v) is 10.5. The molecule has 0 saturated heterocycles. The Kier molecular flexibility index (Phi) is 3.80. The Labute approximate surface area is 112 Å². The van der Waals surface area contributed by atoms with Crippen molar-refractivity contribution in [3.05, 3.63) is 53.1 Å². The molecule has 0 aliphatic rings. The standard InChI is InChI=1S/C13H12F4N2O/c1-2-19-10(6-7-18-19)12(20)8-4-3-5-9(11(8)14)13(15,16)17/h3-7,12,20H,2H2,1H3. The molecule has 0 radical (unpaired) electrons. The van der Waals surface area contributed by atoms with Crippen LogP contribution < -0.4 is 0 Å². The van der Waals surface area contributed by atoms with Crippen molar-refractivity contribution < 1.29 is 22.7 Å². The number of nitrogens with zero attached hydrogens (tertiary/aromatic N) is 2. The monoisotopic (exact) mass is 288 g/mol. The van der Waals surface area contributed by atoms with Crippen molar-refractivity contribution in [3.8, 4) is 0 Å². The third-order valence-corrected chi connectivity index (χ3v) is 2.96. The van der Waals surface area contributed by atoms with Gasteiger partial charge in [-0.05, 0) is 19.1 Å². The van der Waals surface area contributed by atoms with Crippen LogP contribution in [0.2, 0.25) is 0 Å². The summed E-state index contributed by atoms with van der Waals surface area (Å²) in [5.74, 6) is -1.46. The van der Waals surface area contributed by atoms with E-state index in [1.807, 2.05) is 0 Å². The molecule has 1 atom stereocenters. The maximum Gasteiger partial charge on any atom is 0.419 e. The second kappa shape index (κ2) is 5.24. The van der Waals surface area contributed by atoms with Gasteiger partial charge in [0.15, 0.2) is 0 Å². The largest absolute Gasteiger partial charge is 0.419 e. The van der Waals surface area contributed by atoms with Gasteiger partial charge in [-0.3, -0.25) is 4.68 Å². The molecule has 3 nitrogen and oxygen atoms in total. The zero-order chi connectivity index (χ0) is 14.9. The van der Waals surface area contributed by atoms with E-state index in [1.54, 1.807) is 6.92 Å². The Bertz CT molecular complexity index is 607. The molecule has 1 N–H and O–H groups in total. The van der Waals surface area contributed by atoms with Crippen molar-refractivity contribution in [1.82, 2.24) is 9.78 Å². The second-order valence-electron chi connectivity index (χ2n) is 4.18. The number of hydrogen-bond donors (Lipinski definition) is 1. The third-order valence-electron chi connectivity index (χ3n) is 2.96. The lowest BCUT2D eigenvalue weighted by Gasteiger charge is -2.16. The van der Waals surface area contributed by atoms with Gasteiger partial charge in [0, 0.05) is 18.3 Å². The highest BCUT2D eigenvalue weighted by molar-refractivity contribution is 5.33. The topological polar surface area (TPSA) is 38.0 Å². The minimum absolute atomic E-state index is 0.241. The van der Waals surface area contributed by atoms with E-state index in [0.717, 1.165) is 12.1 Å². The van der Waals surface area contributed by atoms with Gasteiger partial charge in [-0.15, -0.1) is 0 Å². The van der Waals surface area contributed by atoms with Crippen molar-refractivity contribution >= 4 is 0 Å². The number of hydrogen-bond acceptors (Lipinski definition) is 2. The van der Waals surface area contributed by atoms with Crippen LogP contribution in [0.3, 0.4) is 0 Å². The summed E-state index contributed by atoms with van der Waals surface area (Å²) in [5, 5.41) is 14.0. The molecule has 2 aromatic rings. The van der Waals surface area contributed by atoms with Crippen molar-refractivity contribution in [2.24, 2.45) is 0 Å². The lowest BCUT2D eigenvalue weighted by Crippen LogP contribution is -2.14. The van der Waals surface area contributed by atoms with E-state index >= 15 is 0 Å². The predicted octanol–water partition coefficient (Wildman–Crippen LogP) is 3.14. The Morgan fingerprint density at radius 1 is 1.30 bits per heavy atom. The predicted molar refractivity (Wildman–Crippen MR) is 63.4 cm³/mol. The summed E-state index contributed by atoms with van der Waals surface area (Å²) in [6, 6.07) is 4.27. The molecular formula is C13H12F4N2O. The summed E-state index contributed by atoms with van der Waals surface area (Å²) in [4.78, 5) is 0. The van der Waals surface area contributed by atoms with Gasteiger partial charge < -0.3 is 5.11 Å². The third kappa shape index (κ3) is 2.53. The minimum Gasteiger partial charge on any atom is -0.382 e. The number of alkyl halides is 3. The molecule has 1 heterocycles. The molecule has 2 rings (SSSR count). The Balaban J connectivity index is 2.48. The molecule has 0 aliphatic carbocycles. The summed E-state index contributed by atoms with van der Waals surface area (Å²) in [5.41, 5.74) is -1.57. The van der Waals surface area contributed by atoms with Gasteiger partial charge in [0.1, 0.15) is 11.9 Å². The molecule has 0 bridgehead atoms. The molecule has 0 saturated carbocycles. The number of benzene rings is 1. The molecule has 1 aromatic carbocycles. The van der Waals surface area contributed by atoms with Crippen molar-refractivity contribution in [2.75, 3.05) is 0 Å². The zero-order valence-electron chi connectivity index (χ0n) is 10.5. The van der Waals surface area contributed by atoms with Crippen LogP contribution in [0.15, 0.2) is 30.5 Å². The molecule has 0 aliphatic heterocycles. The molecule has 7 heteroatoms. The summed E-state index contributed by atoms with van der Waals surface area (Å²) in [7, 11) is 0. The number of aryl methyl sites for hydroxylation is 1. The van der Waals surface area contributed by atoms with E-state index in [1.165, 1.54) is 16.9 Å². The van der Waals surface area contributed by atoms with Crippen LogP contribution in [0.4, 0.5) is 17.6 Å². The average molecular weight is 288 g/mol. The first-order valence-electron chi connectivity index (χ1n) is 5.91. The number of halogens is 4. The molecule has 0 fully saturated rings. The minimum atomic E-state index is -4.80. The van der Waals surface area contributed by atoms with Gasteiger partial charge in [0.2, 0.25) is 0 Å². The van der Waals surface area contributed by atoms with Crippen LogP contribution in [-0.2, 0) is 12.7 Å². The van der Waals surface area contributed by atoms with E-state index < -0.39 is 29.2 Å². The maximum atomic E-state index is 13.9. The van der Waals surface area contributed by atoms with Crippen LogP contribution in [0.1, 0.15) is 29.8 Å². The summed E-state index contributed by atoms with van der Waals surface area (Å²) in [6.45, 7) is 2.17. The highest BCUT2D eigenvalue weighted by Crippen LogP contribution is 2.35. The van der Waals surface area contributed by atoms with E-state index in [-0.39, 0.29) is 5.69 Å². The lowest BCUT2D eigenvalue weighted by atomic mass is 10.0. The Hall–Kier alpha value is -1.89. The summed E-state index contributed by atoms with van der Waals surface area (Å²) in [6.07, 6.45) is -4.90. The van der Waals surface area contributed by atoms with E-state index in [9.17, 15) is 22.7 Å². The first kappa shape index (κ1) is 14.5. The molecule has 108 valence electrons. The highest BCUT2D eigenvalue weighted by Gasteiger charge is 2.36. The van der Waals surface area contributed by atoms with Gasteiger partial charge in [-0.1, -0.05) is 12.1 Å². The van der Waals surface area contributed by atoms with Crippen LogP contribution in [-0.4, -0.2) is 14.9 Å². The first-order valence-corrected chi connectivity index (χ1v) is 5.91. The van der Waals surface area contributed by atoms with Crippen molar-refractivity contribution in [1.29, 1.82) is 0 Å². The molecule has 20 heavy (non-hydrogen) atoms. The van der Waals surface area contributed by atoms with E-state index in [4.69, 9.17) is 0 Å². The van der Waals surface area contributed by atoms with E-state index in [0.29, 0.717) is 12.6 Å². The van der Waals surface area contributed by atoms with Crippen molar-refractivity contribution in [3.63, 3.8) is 0 Å². The summed E-state index contributed by atoms with van der Waals surface area (Å²) >= 11 is 0. The number of aliphatic hydroxyl groups excluding tert-OH is 1. The Morgan fingerprint density at radius 2 is 2.00 bits per heavy atom. The Morgan fingerprint density at radius 3 is 2.60 bits per heavy atom. The molecule has 0 amide bonds. The molecule has 1 unspecified atom stereocenters. The number of aromatic nitrogens is 2. The highest BCUT2D eigenvalue weighted by atomic mass is 19.4. The fraction of sp³-hybridized carbons (Fsp3) is 0.308. The normalized spacial score (nSPS) is 13.5. The number of aliphatic hydroxyl groups is 1. The van der Waals surface area contributed by atoms with Crippen LogP contribution in [0.5, 0.6) is 0 Å². The van der Waals surface area contributed by atoms with Crippen molar-refractivity contribution in [2.45, 2.75) is 25.7 Å². The molecular weight excluding hydrogens is 276 g/mol. The quantitative estimate of drug-likeness (QED) is 0.881. The summed E-state index contributed by atoms with van der Waals surface area (Å²) < 4.78 is 53.3. The van der Waals surface area contributed by atoms with Gasteiger partial charge in [-0.25, -0.2) is 4.39 Å². The fourth-order valence-corrected chi connectivity index (χ4v) is 1.98. The van der Waals surface area contributed by atoms with Gasteiger partial charge in [0.25, 0.3) is 0 Å². The fourth-order valence-electron chi connectivity index (χ4n) is 1.98. The van der Waals surface area contributed by atoms with Gasteiger partial charge >= 0.3 is 6.18 Å². The first-order chi connectivity index (χ1) is 9.36. The van der Waals surface area contributed by atoms with Crippen LogP contribution >= 0.6 is 0 Å². The van der Waals surface area contributed by atoms with Crippen LogP contribution in [0, 0.1) is 5.82 Å².